The number of piperidine rings is 1. The van der Waals surface area contributed by atoms with E-state index < -0.39 is 10.0 Å². The third-order valence-corrected chi connectivity index (χ3v) is 6.82. The van der Waals surface area contributed by atoms with Crippen LogP contribution < -0.4 is 5.32 Å². The highest BCUT2D eigenvalue weighted by molar-refractivity contribution is 7.88. The van der Waals surface area contributed by atoms with Crippen LogP contribution in [0.5, 0.6) is 0 Å². The predicted octanol–water partition coefficient (Wildman–Crippen LogP) is 3.66. The van der Waals surface area contributed by atoms with Gasteiger partial charge in [0, 0.05) is 29.7 Å². The maximum atomic E-state index is 12.9. The molecule has 0 unspecified atom stereocenters. The van der Waals surface area contributed by atoms with Gasteiger partial charge in [-0.05, 0) is 48.7 Å². The van der Waals surface area contributed by atoms with Crippen molar-refractivity contribution in [1.29, 1.82) is 0 Å². The van der Waals surface area contributed by atoms with Crippen molar-refractivity contribution in [3.8, 4) is 0 Å². The smallest absolute Gasteiger partial charge is 0.227 e. The molecule has 2 aromatic rings. The van der Waals surface area contributed by atoms with Crippen LogP contribution in [-0.4, -0.2) is 31.7 Å². The Bertz CT molecular complexity index is 911. The van der Waals surface area contributed by atoms with Crippen molar-refractivity contribution < 1.29 is 17.6 Å². The van der Waals surface area contributed by atoms with Crippen LogP contribution in [0.15, 0.2) is 48.5 Å². The molecule has 0 bridgehead atoms. The Balaban J connectivity index is 1.57. The summed E-state index contributed by atoms with van der Waals surface area (Å²) in [6, 6.07) is 12.4. The number of anilines is 1. The maximum Gasteiger partial charge on any atom is 0.227 e. The molecule has 3 rings (SSSR count). The molecule has 0 saturated carbocycles. The monoisotopic (exact) mass is 410 g/mol. The Morgan fingerprint density at radius 2 is 1.74 bits per heavy atom. The largest absolute Gasteiger partial charge is 0.326 e. The quantitative estimate of drug-likeness (QED) is 0.818. The summed E-state index contributed by atoms with van der Waals surface area (Å²) in [5.41, 5.74) is 1.09. The number of rotatable bonds is 5. The topological polar surface area (TPSA) is 66.5 Å². The fourth-order valence-corrected chi connectivity index (χ4v) is 4.95. The van der Waals surface area contributed by atoms with Gasteiger partial charge in [0.05, 0.1) is 5.75 Å². The van der Waals surface area contributed by atoms with Gasteiger partial charge in [-0.3, -0.25) is 4.79 Å². The Morgan fingerprint density at radius 1 is 1.11 bits per heavy atom. The number of hydrogen-bond acceptors (Lipinski definition) is 3. The van der Waals surface area contributed by atoms with Crippen molar-refractivity contribution in [1.82, 2.24) is 4.31 Å². The summed E-state index contributed by atoms with van der Waals surface area (Å²) in [4.78, 5) is 12.4. The fourth-order valence-electron chi connectivity index (χ4n) is 3.08. The maximum absolute atomic E-state index is 12.9. The molecule has 5 nitrogen and oxygen atoms in total. The second-order valence-corrected chi connectivity index (χ2v) is 8.89. The van der Waals surface area contributed by atoms with Crippen LogP contribution in [0.4, 0.5) is 10.1 Å². The highest BCUT2D eigenvalue weighted by atomic mass is 35.5. The van der Waals surface area contributed by atoms with Crippen molar-refractivity contribution in [3.63, 3.8) is 0 Å². The van der Waals surface area contributed by atoms with E-state index in [1.54, 1.807) is 24.3 Å². The first kappa shape index (κ1) is 19.8. The number of nitrogens with zero attached hydrogens (tertiary/aromatic N) is 1. The van der Waals surface area contributed by atoms with Crippen molar-refractivity contribution in [2.24, 2.45) is 5.92 Å². The molecule has 0 radical (unpaired) electrons. The first-order chi connectivity index (χ1) is 12.8. The standard InChI is InChI=1S/C19H20ClFN2O3S/c20-18-4-2-1-3-15(18)13-27(25,26)23-11-9-14(10-12-23)19(24)22-17-7-5-16(21)6-8-17/h1-8,14H,9-13H2,(H,22,24). The highest BCUT2D eigenvalue weighted by Gasteiger charge is 2.31. The lowest BCUT2D eigenvalue weighted by molar-refractivity contribution is -0.120. The summed E-state index contributed by atoms with van der Waals surface area (Å²) in [6.45, 7) is 0.572. The lowest BCUT2D eigenvalue weighted by Crippen LogP contribution is -2.41. The fraction of sp³-hybridized carbons (Fsp3) is 0.316. The van der Waals surface area contributed by atoms with Gasteiger partial charge in [0.1, 0.15) is 5.82 Å². The van der Waals surface area contributed by atoms with E-state index in [2.05, 4.69) is 5.32 Å². The van der Waals surface area contributed by atoms with E-state index in [0.717, 1.165) is 0 Å². The summed E-state index contributed by atoms with van der Waals surface area (Å²) in [7, 11) is -3.50. The van der Waals surface area contributed by atoms with Gasteiger partial charge >= 0.3 is 0 Å². The Hall–Kier alpha value is -1.96. The molecular formula is C19H20ClFN2O3S. The molecule has 1 amide bonds. The number of halogens is 2. The number of carbonyl (C=O) groups excluding carboxylic acids is 1. The Labute approximate surface area is 163 Å². The molecule has 1 aliphatic rings. The first-order valence-electron chi connectivity index (χ1n) is 8.63. The number of amides is 1. The van der Waals surface area contributed by atoms with Gasteiger partial charge in [-0.2, -0.15) is 0 Å². The van der Waals surface area contributed by atoms with Crippen molar-refractivity contribution in [2.45, 2.75) is 18.6 Å². The summed E-state index contributed by atoms with van der Waals surface area (Å²) >= 11 is 6.06. The minimum absolute atomic E-state index is 0.154. The van der Waals surface area contributed by atoms with Gasteiger partial charge in [0.15, 0.2) is 0 Å². The molecule has 0 spiro atoms. The molecule has 0 aliphatic carbocycles. The number of benzene rings is 2. The molecule has 1 fully saturated rings. The number of carbonyl (C=O) groups is 1. The van der Waals surface area contributed by atoms with E-state index in [4.69, 9.17) is 11.6 Å². The molecule has 0 aromatic heterocycles. The Kier molecular flexibility index (Phi) is 6.14. The first-order valence-corrected chi connectivity index (χ1v) is 10.6. The summed E-state index contributed by atoms with van der Waals surface area (Å²) in [5, 5.41) is 3.17. The normalized spacial score (nSPS) is 16.2. The van der Waals surface area contributed by atoms with E-state index in [-0.39, 0.29) is 36.5 Å². The van der Waals surface area contributed by atoms with Crippen LogP contribution in [0.2, 0.25) is 5.02 Å². The zero-order valence-electron chi connectivity index (χ0n) is 14.6. The van der Waals surface area contributed by atoms with E-state index in [1.807, 2.05) is 0 Å². The average Bonchev–Trinajstić information content (AvgIpc) is 2.65. The second kappa shape index (κ2) is 8.37. The van der Waals surface area contributed by atoms with Crippen LogP contribution in [0, 0.1) is 11.7 Å². The van der Waals surface area contributed by atoms with Gasteiger partial charge < -0.3 is 5.32 Å². The van der Waals surface area contributed by atoms with E-state index in [1.165, 1.54) is 28.6 Å². The molecule has 2 aromatic carbocycles. The third-order valence-electron chi connectivity index (χ3n) is 4.63. The van der Waals surface area contributed by atoms with Crippen molar-refractivity contribution >= 4 is 33.2 Å². The zero-order chi connectivity index (χ0) is 19.4. The number of hydrogen-bond donors (Lipinski definition) is 1. The van der Waals surface area contributed by atoms with E-state index in [0.29, 0.717) is 29.1 Å². The second-order valence-electron chi connectivity index (χ2n) is 6.52. The van der Waals surface area contributed by atoms with Crippen molar-refractivity contribution in [2.75, 3.05) is 18.4 Å². The molecule has 1 N–H and O–H groups in total. The van der Waals surface area contributed by atoms with Crippen LogP contribution in [0.1, 0.15) is 18.4 Å². The number of nitrogens with one attached hydrogen (secondary N) is 1. The summed E-state index contributed by atoms with van der Waals surface area (Å²) in [6.07, 6.45) is 0.879. The van der Waals surface area contributed by atoms with E-state index >= 15 is 0 Å². The van der Waals surface area contributed by atoms with Crippen LogP contribution >= 0.6 is 11.6 Å². The van der Waals surface area contributed by atoms with Gasteiger partial charge in [-0.25, -0.2) is 17.1 Å². The third kappa shape index (κ3) is 5.06. The lowest BCUT2D eigenvalue weighted by atomic mass is 9.97. The highest BCUT2D eigenvalue weighted by Crippen LogP contribution is 2.25. The van der Waals surface area contributed by atoms with Gasteiger partial charge in [-0.15, -0.1) is 0 Å². The SMILES string of the molecule is O=C(Nc1ccc(F)cc1)C1CCN(S(=O)(=O)Cc2ccccc2Cl)CC1. The molecule has 27 heavy (non-hydrogen) atoms. The zero-order valence-corrected chi connectivity index (χ0v) is 16.1. The van der Waals surface area contributed by atoms with Gasteiger partial charge in [0.2, 0.25) is 15.9 Å². The molecule has 8 heteroatoms. The van der Waals surface area contributed by atoms with E-state index in [9.17, 15) is 17.6 Å². The number of sulfonamides is 1. The molecule has 1 heterocycles. The van der Waals surface area contributed by atoms with Crippen molar-refractivity contribution in [3.05, 3.63) is 64.9 Å². The summed E-state index contributed by atoms with van der Waals surface area (Å²) < 4.78 is 39.6. The van der Waals surface area contributed by atoms with Crippen LogP contribution in [-0.2, 0) is 20.6 Å². The molecule has 0 atom stereocenters. The van der Waals surface area contributed by atoms with Gasteiger partial charge in [0.25, 0.3) is 0 Å². The van der Waals surface area contributed by atoms with Crippen LogP contribution in [0.25, 0.3) is 0 Å². The van der Waals surface area contributed by atoms with Crippen LogP contribution in [0.3, 0.4) is 0 Å². The minimum atomic E-state index is -3.50. The minimum Gasteiger partial charge on any atom is -0.326 e. The predicted molar refractivity (Wildman–Crippen MR) is 103 cm³/mol. The van der Waals surface area contributed by atoms with Gasteiger partial charge in [-0.1, -0.05) is 29.8 Å². The molecule has 144 valence electrons. The molecule has 1 aliphatic heterocycles. The Morgan fingerprint density at radius 3 is 2.37 bits per heavy atom. The summed E-state index contributed by atoms with van der Waals surface area (Å²) in [5.74, 6) is -0.976. The average molecular weight is 411 g/mol. The lowest BCUT2D eigenvalue weighted by Gasteiger charge is -2.30. The molecule has 1 saturated heterocycles. The molecular weight excluding hydrogens is 391 g/mol.